The number of pyridine rings is 1. The zero-order valence-corrected chi connectivity index (χ0v) is 16.0. The van der Waals surface area contributed by atoms with Gasteiger partial charge in [0.05, 0.1) is 16.0 Å². The minimum Gasteiger partial charge on any atom is -0.439 e. The van der Waals surface area contributed by atoms with E-state index in [-0.39, 0.29) is 17.3 Å². The first-order chi connectivity index (χ1) is 14.4. The first-order valence-electron chi connectivity index (χ1n) is 8.36. The Balaban J connectivity index is 1.79. The van der Waals surface area contributed by atoms with Gasteiger partial charge in [-0.25, -0.2) is 13.4 Å². The summed E-state index contributed by atoms with van der Waals surface area (Å²) in [5.41, 5.74) is -2.37. The molecule has 3 rings (SSSR count). The van der Waals surface area contributed by atoms with Crippen LogP contribution in [0.2, 0.25) is 0 Å². The molecule has 0 saturated carbocycles. The van der Waals surface area contributed by atoms with Gasteiger partial charge >= 0.3 is 12.4 Å². The Morgan fingerprint density at radius 1 is 0.839 bits per heavy atom. The Bertz CT molecular complexity index is 1180. The van der Waals surface area contributed by atoms with Gasteiger partial charge in [-0.05, 0) is 42.5 Å². The number of rotatable bonds is 5. The fourth-order valence-corrected chi connectivity index (χ4v) is 3.79. The average Bonchev–Trinajstić information content (AvgIpc) is 2.68. The molecular formula is C19H12F6N2O3S. The SMILES string of the molecule is O=S(=O)(Nc1ccc(Oc2cc(C(F)(F)F)ccn2)cc1)c1ccccc1C(F)(F)F. The molecule has 12 heteroatoms. The second-order valence-corrected chi connectivity index (χ2v) is 7.76. The van der Waals surface area contributed by atoms with Crippen molar-refractivity contribution in [1.82, 2.24) is 4.98 Å². The molecule has 0 unspecified atom stereocenters. The Hall–Kier alpha value is -3.28. The van der Waals surface area contributed by atoms with Crippen LogP contribution in [0.4, 0.5) is 32.0 Å². The third kappa shape index (κ3) is 5.45. The van der Waals surface area contributed by atoms with Gasteiger partial charge in [0.1, 0.15) is 5.75 Å². The molecule has 1 heterocycles. The normalized spacial score (nSPS) is 12.5. The number of nitrogens with zero attached hydrogens (tertiary/aromatic N) is 1. The van der Waals surface area contributed by atoms with E-state index >= 15 is 0 Å². The number of halogens is 6. The molecule has 0 fully saturated rings. The maximum Gasteiger partial charge on any atom is 0.417 e. The fraction of sp³-hybridized carbons (Fsp3) is 0.105. The van der Waals surface area contributed by atoms with Crippen LogP contribution >= 0.6 is 0 Å². The number of hydrogen-bond donors (Lipinski definition) is 1. The molecule has 0 saturated heterocycles. The van der Waals surface area contributed by atoms with E-state index in [4.69, 9.17) is 4.74 Å². The lowest BCUT2D eigenvalue weighted by molar-refractivity contribution is -0.140. The van der Waals surface area contributed by atoms with Crippen molar-refractivity contribution < 1.29 is 39.5 Å². The van der Waals surface area contributed by atoms with Crippen molar-refractivity contribution in [2.45, 2.75) is 17.2 Å². The predicted octanol–water partition coefficient (Wildman–Crippen LogP) is 5.71. The molecule has 0 aliphatic heterocycles. The van der Waals surface area contributed by atoms with Crippen LogP contribution in [0.1, 0.15) is 11.1 Å². The van der Waals surface area contributed by atoms with Crippen LogP contribution in [-0.4, -0.2) is 13.4 Å². The minimum atomic E-state index is -4.87. The van der Waals surface area contributed by atoms with Crippen LogP contribution in [0.3, 0.4) is 0 Å². The number of benzene rings is 2. The summed E-state index contributed by atoms with van der Waals surface area (Å²) in [6.45, 7) is 0. The molecule has 2 aromatic carbocycles. The van der Waals surface area contributed by atoms with E-state index in [1.807, 2.05) is 4.72 Å². The van der Waals surface area contributed by atoms with Crippen molar-refractivity contribution in [3.8, 4) is 11.6 Å². The zero-order valence-electron chi connectivity index (χ0n) is 15.2. The van der Waals surface area contributed by atoms with Crippen LogP contribution in [0.25, 0.3) is 0 Å². The summed E-state index contributed by atoms with van der Waals surface area (Å²) >= 11 is 0. The molecule has 0 aliphatic rings. The van der Waals surface area contributed by atoms with Crippen molar-refractivity contribution >= 4 is 15.7 Å². The maximum atomic E-state index is 13.1. The quantitative estimate of drug-likeness (QED) is 0.493. The topological polar surface area (TPSA) is 68.3 Å². The van der Waals surface area contributed by atoms with Crippen LogP contribution in [0.5, 0.6) is 11.6 Å². The molecule has 0 bridgehead atoms. The minimum absolute atomic E-state index is 0.0328. The number of ether oxygens (including phenoxy) is 1. The summed E-state index contributed by atoms with van der Waals surface area (Å²) in [5.74, 6) is -0.312. The molecule has 0 radical (unpaired) electrons. The Morgan fingerprint density at radius 2 is 1.48 bits per heavy atom. The zero-order chi connectivity index (χ0) is 22.9. The van der Waals surface area contributed by atoms with Gasteiger partial charge in [-0.2, -0.15) is 26.3 Å². The molecule has 0 spiro atoms. The van der Waals surface area contributed by atoms with Gasteiger partial charge in [0.25, 0.3) is 10.0 Å². The van der Waals surface area contributed by atoms with E-state index in [1.165, 1.54) is 24.3 Å². The van der Waals surface area contributed by atoms with Crippen molar-refractivity contribution in [2.75, 3.05) is 4.72 Å². The highest BCUT2D eigenvalue weighted by atomic mass is 32.2. The van der Waals surface area contributed by atoms with E-state index in [1.54, 1.807) is 0 Å². The van der Waals surface area contributed by atoms with Crippen molar-refractivity contribution in [1.29, 1.82) is 0 Å². The van der Waals surface area contributed by atoms with E-state index in [0.717, 1.165) is 30.5 Å². The lowest BCUT2D eigenvalue weighted by atomic mass is 10.2. The van der Waals surface area contributed by atoms with E-state index in [0.29, 0.717) is 12.1 Å². The molecule has 5 nitrogen and oxygen atoms in total. The highest BCUT2D eigenvalue weighted by Crippen LogP contribution is 2.35. The Morgan fingerprint density at radius 3 is 2.10 bits per heavy atom. The lowest BCUT2D eigenvalue weighted by Crippen LogP contribution is -2.18. The summed E-state index contributed by atoms with van der Waals surface area (Å²) in [7, 11) is -4.57. The van der Waals surface area contributed by atoms with Gasteiger partial charge in [0, 0.05) is 18.0 Å². The molecule has 1 N–H and O–H groups in total. The van der Waals surface area contributed by atoms with Gasteiger partial charge in [-0.3, -0.25) is 4.72 Å². The van der Waals surface area contributed by atoms with Crippen LogP contribution in [0, 0.1) is 0 Å². The van der Waals surface area contributed by atoms with E-state index < -0.39 is 38.4 Å². The second-order valence-electron chi connectivity index (χ2n) is 6.11. The molecule has 164 valence electrons. The molecule has 31 heavy (non-hydrogen) atoms. The number of nitrogens with one attached hydrogen (secondary N) is 1. The van der Waals surface area contributed by atoms with Crippen LogP contribution < -0.4 is 9.46 Å². The Kier molecular flexibility index (Phi) is 5.85. The smallest absolute Gasteiger partial charge is 0.417 e. The third-order valence-electron chi connectivity index (χ3n) is 3.87. The highest BCUT2D eigenvalue weighted by Gasteiger charge is 2.37. The van der Waals surface area contributed by atoms with E-state index in [9.17, 15) is 34.8 Å². The monoisotopic (exact) mass is 462 g/mol. The standard InChI is InChI=1S/C19H12F6N2O3S/c20-18(21,22)12-9-10-26-17(11-12)30-14-7-5-13(6-8-14)27-31(28,29)16-4-2-1-3-15(16)19(23,24)25/h1-11,27H. The van der Waals surface area contributed by atoms with Gasteiger partial charge in [0.15, 0.2) is 0 Å². The molecule has 0 aliphatic carbocycles. The third-order valence-corrected chi connectivity index (χ3v) is 5.31. The summed E-state index contributed by atoms with van der Waals surface area (Å²) in [6.07, 6.45) is -8.55. The summed E-state index contributed by atoms with van der Waals surface area (Å²) in [5, 5.41) is 0. The number of anilines is 1. The number of sulfonamides is 1. The summed E-state index contributed by atoms with van der Waals surface area (Å²) in [4.78, 5) is 2.71. The maximum absolute atomic E-state index is 13.1. The first-order valence-corrected chi connectivity index (χ1v) is 9.85. The molecule has 3 aromatic rings. The van der Waals surface area contributed by atoms with Crippen LogP contribution in [0.15, 0.2) is 71.8 Å². The summed E-state index contributed by atoms with van der Waals surface area (Å²) in [6, 6.07) is 9.93. The Labute approximate surface area is 172 Å². The van der Waals surface area contributed by atoms with Gasteiger partial charge in [-0.15, -0.1) is 0 Å². The summed E-state index contributed by atoms with van der Waals surface area (Å²) < 4.78 is 110. The van der Waals surface area contributed by atoms with Gasteiger partial charge in [-0.1, -0.05) is 12.1 Å². The number of aromatic nitrogens is 1. The predicted molar refractivity (Wildman–Crippen MR) is 98.0 cm³/mol. The number of hydrogen-bond acceptors (Lipinski definition) is 4. The largest absolute Gasteiger partial charge is 0.439 e. The van der Waals surface area contributed by atoms with E-state index in [2.05, 4.69) is 4.98 Å². The van der Waals surface area contributed by atoms with Crippen LogP contribution in [-0.2, 0) is 22.4 Å². The highest BCUT2D eigenvalue weighted by molar-refractivity contribution is 7.92. The molecular weight excluding hydrogens is 450 g/mol. The number of alkyl halides is 6. The lowest BCUT2D eigenvalue weighted by Gasteiger charge is -2.14. The molecule has 1 aromatic heterocycles. The fourth-order valence-electron chi connectivity index (χ4n) is 2.50. The van der Waals surface area contributed by atoms with Gasteiger partial charge in [0.2, 0.25) is 5.88 Å². The van der Waals surface area contributed by atoms with Crippen molar-refractivity contribution in [3.05, 3.63) is 78.0 Å². The second kappa shape index (κ2) is 8.10. The average molecular weight is 462 g/mol. The van der Waals surface area contributed by atoms with Crippen molar-refractivity contribution in [2.24, 2.45) is 0 Å². The first kappa shape index (κ1) is 22.4. The molecule has 0 atom stereocenters. The molecule has 0 amide bonds. The van der Waals surface area contributed by atoms with Gasteiger partial charge < -0.3 is 4.74 Å². The van der Waals surface area contributed by atoms with Crippen molar-refractivity contribution in [3.63, 3.8) is 0 Å².